The van der Waals surface area contributed by atoms with Gasteiger partial charge in [0.25, 0.3) is 17.2 Å². The Morgan fingerprint density at radius 2 is 1.94 bits per heavy atom. The number of hydrogen-bond donors (Lipinski definition) is 2. The Bertz CT molecular complexity index is 1330. The van der Waals surface area contributed by atoms with Crippen molar-refractivity contribution in [2.45, 2.75) is 13.1 Å². The Hall–Kier alpha value is -4.51. The molecule has 0 bridgehead atoms. The summed E-state index contributed by atoms with van der Waals surface area (Å²) in [5, 5.41) is 11.0. The van der Waals surface area contributed by atoms with Crippen molar-refractivity contribution in [2.24, 2.45) is 0 Å². The van der Waals surface area contributed by atoms with Crippen LogP contribution in [0.4, 0.5) is 17.2 Å². The van der Waals surface area contributed by atoms with Crippen molar-refractivity contribution in [3.63, 3.8) is 0 Å². The summed E-state index contributed by atoms with van der Waals surface area (Å²) < 4.78 is 6.12. The standard InChI is InChI=1S/C23H23N5O6/c1-34-13-12-26-21(24)20(22(30)25-23(26)31)27(15-17-6-3-2-4-7-17)19(29)11-10-16-8-5-9-18(14-16)28(32)33/h2-11,14H,12-13,15,24H2,1H3,(H,25,30,31)/b11-10+. The van der Waals surface area contributed by atoms with E-state index >= 15 is 0 Å². The molecule has 1 heterocycles. The van der Waals surface area contributed by atoms with Crippen molar-refractivity contribution >= 4 is 29.2 Å². The van der Waals surface area contributed by atoms with Gasteiger partial charge in [-0.25, -0.2) is 4.79 Å². The molecule has 3 aromatic rings. The number of amides is 1. The van der Waals surface area contributed by atoms with E-state index in [4.69, 9.17) is 10.5 Å². The molecule has 3 N–H and O–H groups in total. The van der Waals surface area contributed by atoms with Crippen molar-refractivity contribution in [3.05, 3.63) is 103 Å². The van der Waals surface area contributed by atoms with Gasteiger partial charge < -0.3 is 10.5 Å². The molecule has 11 heteroatoms. The highest BCUT2D eigenvalue weighted by atomic mass is 16.6. The summed E-state index contributed by atoms with van der Waals surface area (Å²) in [5.74, 6) is -0.789. The second-order valence-corrected chi connectivity index (χ2v) is 7.23. The normalized spacial score (nSPS) is 11.0. The smallest absolute Gasteiger partial charge is 0.330 e. The van der Waals surface area contributed by atoms with Gasteiger partial charge in [0.05, 0.1) is 24.6 Å². The van der Waals surface area contributed by atoms with Crippen molar-refractivity contribution in [1.29, 1.82) is 0 Å². The Labute approximate surface area is 193 Å². The molecule has 34 heavy (non-hydrogen) atoms. The third-order valence-electron chi connectivity index (χ3n) is 4.95. The lowest BCUT2D eigenvalue weighted by Gasteiger charge is -2.23. The lowest BCUT2D eigenvalue weighted by atomic mass is 10.1. The summed E-state index contributed by atoms with van der Waals surface area (Å²) in [4.78, 5) is 52.1. The Morgan fingerprint density at radius 3 is 2.62 bits per heavy atom. The van der Waals surface area contributed by atoms with E-state index in [2.05, 4.69) is 4.98 Å². The Kier molecular flexibility index (Phi) is 7.72. The van der Waals surface area contributed by atoms with Crippen LogP contribution in [-0.4, -0.2) is 34.1 Å². The van der Waals surface area contributed by atoms with Crippen LogP contribution in [0.5, 0.6) is 0 Å². The largest absolute Gasteiger partial charge is 0.383 e. The SMILES string of the molecule is COCCn1c(N)c(N(Cc2ccccc2)C(=O)/C=C/c2cccc([N+](=O)[O-])c2)c(=O)[nH]c1=O. The van der Waals surface area contributed by atoms with Gasteiger partial charge >= 0.3 is 5.69 Å². The minimum atomic E-state index is -0.816. The number of carbonyl (C=O) groups is 1. The molecule has 0 unspecified atom stereocenters. The summed E-state index contributed by atoms with van der Waals surface area (Å²) in [6, 6.07) is 14.7. The number of aromatic nitrogens is 2. The maximum atomic E-state index is 13.2. The van der Waals surface area contributed by atoms with Crippen LogP contribution in [0.25, 0.3) is 6.08 Å². The van der Waals surface area contributed by atoms with E-state index in [0.717, 1.165) is 9.47 Å². The van der Waals surface area contributed by atoms with Crippen molar-refractivity contribution < 1.29 is 14.5 Å². The van der Waals surface area contributed by atoms with Gasteiger partial charge in [0.2, 0.25) is 0 Å². The number of methoxy groups -OCH3 is 1. The summed E-state index contributed by atoms with van der Waals surface area (Å²) >= 11 is 0. The second kappa shape index (κ2) is 10.9. The Balaban J connectivity index is 2.05. The fourth-order valence-corrected chi connectivity index (χ4v) is 3.28. The van der Waals surface area contributed by atoms with E-state index in [1.807, 2.05) is 6.07 Å². The average Bonchev–Trinajstić information content (AvgIpc) is 2.82. The van der Waals surface area contributed by atoms with Gasteiger partial charge in [0.15, 0.2) is 5.69 Å². The highest BCUT2D eigenvalue weighted by Gasteiger charge is 2.23. The molecule has 1 amide bonds. The van der Waals surface area contributed by atoms with Crippen LogP contribution in [0.15, 0.2) is 70.3 Å². The van der Waals surface area contributed by atoms with Gasteiger partial charge in [-0.3, -0.25) is 34.2 Å². The molecule has 0 radical (unpaired) electrons. The third kappa shape index (κ3) is 5.64. The predicted octanol–water partition coefficient (Wildman–Crippen LogP) is 1.92. The van der Waals surface area contributed by atoms with Gasteiger partial charge in [0, 0.05) is 25.3 Å². The number of hydrogen-bond acceptors (Lipinski definition) is 7. The van der Waals surface area contributed by atoms with Crippen LogP contribution in [0.3, 0.4) is 0 Å². The number of carbonyl (C=O) groups excluding carboxylic acids is 1. The number of anilines is 2. The van der Waals surface area contributed by atoms with Crippen molar-refractivity contribution in [1.82, 2.24) is 9.55 Å². The first kappa shape index (κ1) is 24.1. The molecule has 0 saturated carbocycles. The monoisotopic (exact) mass is 465 g/mol. The minimum absolute atomic E-state index is 0.00525. The lowest BCUT2D eigenvalue weighted by molar-refractivity contribution is -0.384. The zero-order chi connectivity index (χ0) is 24.7. The molecule has 11 nitrogen and oxygen atoms in total. The van der Waals surface area contributed by atoms with Crippen LogP contribution < -0.4 is 21.9 Å². The Morgan fingerprint density at radius 1 is 1.21 bits per heavy atom. The second-order valence-electron chi connectivity index (χ2n) is 7.23. The fourth-order valence-electron chi connectivity index (χ4n) is 3.28. The number of non-ortho nitro benzene ring substituents is 1. The number of nitrogen functional groups attached to an aromatic ring is 1. The summed E-state index contributed by atoms with van der Waals surface area (Å²) in [6.07, 6.45) is 2.59. The van der Waals surface area contributed by atoms with Gasteiger partial charge in [-0.15, -0.1) is 0 Å². The van der Waals surface area contributed by atoms with Crippen molar-refractivity contribution in [3.8, 4) is 0 Å². The summed E-state index contributed by atoms with van der Waals surface area (Å²) in [7, 11) is 1.46. The zero-order valence-corrected chi connectivity index (χ0v) is 18.3. The predicted molar refractivity (Wildman–Crippen MR) is 127 cm³/mol. The topological polar surface area (TPSA) is 154 Å². The lowest BCUT2D eigenvalue weighted by Crippen LogP contribution is -2.40. The van der Waals surface area contributed by atoms with Crippen LogP contribution in [0.1, 0.15) is 11.1 Å². The maximum absolute atomic E-state index is 13.2. The quantitative estimate of drug-likeness (QED) is 0.278. The first-order chi connectivity index (χ1) is 16.3. The third-order valence-corrected chi connectivity index (χ3v) is 4.95. The zero-order valence-electron chi connectivity index (χ0n) is 18.3. The number of nitro groups is 1. The van der Waals surface area contributed by atoms with Gasteiger partial charge in [-0.1, -0.05) is 42.5 Å². The van der Waals surface area contributed by atoms with Gasteiger partial charge in [-0.2, -0.15) is 0 Å². The molecule has 2 aromatic carbocycles. The number of ether oxygens (including phenoxy) is 1. The number of nitrogens with two attached hydrogens (primary N) is 1. The van der Waals surface area contributed by atoms with E-state index in [9.17, 15) is 24.5 Å². The molecular formula is C23H23N5O6. The number of nitro benzene ring substituents is 1. The van der Waals surface area contributed by atoms with E-state index in [1.54, 1.807) is 30.3 Å². The molecule has 0 aliphatic heterocycles. The molecule has 0 spiro atoms. The minimum Gasteiger partial charge on any atom is -0.383 e. The number of nitrogens with zero attached hydrogens (tertiary/aromatic N) is 3. The number of nitrogens with one attached hydrogen (secondary N) is 1. The van der Waals surface area contributed by atoms with Crippen molar-refractivity contribution in [2.75, 3.05) is 24.4 Å². The number of aromatic amines is 1. The highest BCUT2D eigenvalue weighted by Crippen LogP contribution is 2.21. The molecular weight excluding hydrogens is 442 g/mol. The number of benzene rings is 2. The molecule has 0 aliphatic rings. The van der Waals surface area contributed by atoms with E-state index in [-0.39, 0.29) is 36.9 Å². The molecule has 3 rings (SSSR count). The average molecular weight is 465 g/mol. The van der Waals surface area contributed by atoms with E-state index < -0.39 is 22.1 Å². The van der Waals surface area contributed by atoms with Crippen LogP contribution in [0.2, 0.25) is 0 Å². The molecule has 176 valence electrons. The maximum Gasteiger partial charge on any atom is 0.330 e. The first-order valence-corrected chi connectivity index (χ1v) is 10.2. The van der Waals surface area contributed by atoms with Crippen LogP contribution in [0, 0.1) is 10.1 Å². The van der Waals surface area contributed by atoms with Gasteiger partial charge in [-0.05, 0) is 17.2 Å². The molecule has 1 aromatic heterocycles. The van der Waals surface area contributed by atoms with E-state index in [0.29, 0.717) is 11.1 Å². The highest BCUT2D eigenvalue weighted by molar-refractivity contribution is 6.05. The fraction of sp³-hybridized carbons (Fsp3) is 0.174. The summed E-state index contributed by atoms with van der Waals surface area (Å²) in [5.41, 5.74) is 5.47. The molecule has 0 atom stereocenters. The molecule has 0 aliphatic carbocycles. The first-order valence-electron chi connectivity index (χ1n) is 10.2. The number of rotatable bonds is 9. The van der Waals surface area contributed by atoms with Crippen LogP contribution in [-0.2, 0) is 22.6 Å². The summed E-state index contributed by atoms with van der Waals surface area (Å²) in [6.45, 7) is 0.228. The van der Waals surface area contributed by atoms with Gasteiger partial charge in [0.1, 0.15) is 5.82 Å². The number of H-pyrrole nitrogens is 1. The van der Waals surface area contributed by atoms with E-state index in [1.165, 1.54) is 37.5 Å². The molecule has 0 fully saturated rings. The van der Waals surface area contributed by atoms with Crippen LogP contribution >= 0.6 is 0 Å². The molecule has 0 saturated heterocycles.